The lowest BCUT2D eigenvalue weighted by molar-refractivity contribution is 0.0601. The molecular formula is C27H34N4O2. The van der Waals surface area contributed by atoms with Crippen molar-refractivity contribution in [3.05, 3.63) is 53.0 Å². The number of benzene rings is 1. The zero-order valence-electron chi connectivity index (χ0n) is 20.1. The quantitative estimate of drug-likeness (QED) is 0.552. The molecule has 1 fully saturated rings. The van der Waals surface area contributed by atoms with Gasteiger partial charge < -0.3 is 10.4 Å². The van der Waals surface area contributed by atoms with Gasteiger partial charge in [0.1, 0.15) is 5.69 Å². The van der Waals surface area contributed by atoms with Crippen LogP contribution in [0.3, 0.4) is 0 Å². The van der Waals surface area contributed by atoms with Crippen LogP contribution in [0.4, 0.5) is 5.69 Å². The minimum atomic E-state index is -0.995. The molecule has 0 saturated heterocycles. The predicted octanol–water partition coefficient (Wildman–Crippen LogP) is 5.53. The number of fused-ring (bicyclic) bond motifs is 3. The van der Waals surface area contributed by atoms with Crippen LogP contribution in [0.15, 0.2) is 30.5 Å². The fourth-order valence-electron chi connectivity index (χ4n) is 5.78. The van der Waals surface area contributed by atoms with E-state index in [0.29, 0.717) is 23.8 Å². The molecule has 174 valence electrons. The summed E-state index contributed by atoms with van der Waals surface area (Å²) in [7, 11) is 0. The second kappa shape index (κ2) is 8.24. The van der Waals surface area contributed by atoms with Crippen LogP contribution in [0.1, 0.15) is 86.2 Å². The number of carbonyl (C=O) groups excluding carboxylic acids is 1. The van der Waals surface area contributed by atoms with E-state index in [4.69, 9.17) is 5.10 Å². The minimum absolute atomic E-state index is 0.262. The van der Waals surface area contributed by atoms with Gasteiger partial charge >= 0.3 is 0 Å². The van der Waals surface area contributed by atoms with Crippen molar-refractivity contribution in [1.29, 1.82) is 0 Å². The second-order valence-corrected chi connectivity index (χ2v) is 10.5. The Morgan fingerprint density at radius 2 is 2.00 bits per heavy atom. The van der Waals surface area contributed by atoms with E-state index in [0.717, 1.165) is 58.8 Å². The highest BCUT2D eigenvalue weighted by atomic mass is 16.3. The highest BCUT2D eigenvalue weighted by Crippen LogP contribution is 2.45. The fraction of sp³-hybridized carbons (Fsp3) is 0.519. The molecule has 2 aromatic heterocycles. The second-order valence-electron chi connectivity index (χ2n) is 10.5. The van der Waals surface area contributed by atoms with E-state index in [2.05, 4.69) is 35.0 Å². The maximum Gasteiger partial charge on any atom is 0.274 e. The van der Waals surface area contributed by atoms with Crippen LogP contribution in [-0.2, 0) is 12.0 Å². The van der Waals surface area contributed by atoms with Crippen LogP contribution in [0.2, 0.25) is 0 Å². The summed E-state index contributed by atoms with van der Waals surface area (Å²) in [6.07, 6.45) is 8.30. The molecule has 0 radical (unpaired) electrons. The Kier molecular flexibility index (Phi) is 5.52. The number of amides is 1. The first-order valence-electron chi connectivity index (χ1n) is 12.3. The molecule has 1 atom stereocenters. The Balaban J connectivity index is 1.50. The van der Waals surface area contributed by atoms with Crippen molar-refractivity contribution in [2.24, 2.45) is 11.8 Å². The third-order valence-corrected chi connectivity index (χ3v) is 7.74. The van der Waals surface area contributed by atoms with Crippen LogP contribution in [0.5, 0.6) is 0 Å². The number of aromatic nitrogens is 3. The maximum atomic E-state index is 13.0. The highest BCUT2D eigenvalue weighted by molar-refractivity contribution is 6.05. The Hall–Kier alpha value is -2.73. The van der Waals surface area contributed by atoms with Crippen LogP contribution in [0, 0.1) is 18.8 Å². The van der Waals surface area contributed by atoms with Crippen LogP contribution < -0.4 is 5.32 Å². The summed E-state index contributed by atoms with van der Waals surface area (Å²) in [6.45, 7) is 8.35. The number of nitrogens with one attached hydrogen (secondary N) is 1. The third kappa shape index (κ3) is 4.05. The van der Waals surface area contributed by atoms with E-state index < -0.39 is 5.60 Å². The van der Waals surface area contributed by atoms with Gasteiger partial charge in [0, 0.05) is 28.5 Å². The Bertz CT molecular complexity index is 1200. The van der Waals surface area contributed by atoms with Crippen molar-refractivity contribution in [3.8, 4) is 0 Å². The molecule has 0 bridgehead atoms. The minimum Gasteiger partial charge on any atom is -0.385 e. The number of nitrogens with zero attached hydrogens (tertiary/aromatic N) is 3. The molecule has 6 heteroatoms. The molecule has 33 heavy (non-hydrogen) atoms. The molecule has 1 saturated carbocycles. The van der Waals surface area contributed by atoms with Crippen molar-refractivity contribution in [2.75, 3.05) is 5.32 Å². The first kappa shape index (κ1) is 22.1. The molecular weight excluding hydrogens is 412 g/mol. The van der Waals surface area contributed by atoms with Gasteiger partial charge in [0.25, 0.3) is 5.91 Å². The zero-order valence-corrected chi connectivity index (χ0v) is 20.1. The number of pyridine rings is 1. The summed E-state index contributed by atoms with van der Waals surface area (Å²) in [5.74, 6) is 1.28. The summed E-state index contributed by atoms with van der Waals surface area (Å²) in [5.41, 5.74) is 3.65. The van der Waals surface area contributed by atoms with Gasteiger partial charge in [-0.05, 0) is 88.0 Å². The first-order valence-corrected chi connectivity index (χ1v) is 12.3. The van der Waals surface area contributed by atoms with E-state index in [1.165, 1.54) is 12.8 Å². The molecule has 1 amide bonds. The molecule has 2 aliphatic carbocycles. The molecule has 1 unspecified atom stereocenters. The molecule has 2 N–H and O–H groups in total. The van der Waals surface area contributed by atoms with E-state index in [-0.39, 0.29) is 5.91 Å². The highest BCUT2D eigenvalue weighted by Gasteiger charge is 2.37. The van der Waals surface area contributed by atoms with E-state index in [1.807, 2.05) is 32.0 Å². The smallest absolute Gasteiger partial charge is 0.274 e. The number of anilines is 1. The normalized spacial score (nSPS) is 24.9. The molecule has 3 aromatic rings. The summed E-state index contributed by atoms with van der Waals surface area (Å²) in [6, 6.07) is 7.81. The largest absolute Gasteiger partial charge is 0.385 e. The standard InChI is InChI=1S/C27H34N4O2/c1-16(2)18-8-10-20(11-9-18)31-15-19-14-23(29-26(32)22-7-5-6-17(3)28-22)24-21(25(19)30-31)12-13-27(24,4)33/h5-7,14-16,18,20,33H,8-13H2,1-4H3,(H,29,32). The third-order valence-electron chi connectivity index (χ3n) is 7.74. The summed E-state index contributed by atoms with van der Waals surface area (Å²) < 4.78 is 2.14. The van der Waals surface area contributed by atoms with Gasteiger partial charge in [-0.15, -0.1) is 0 Å². The fourth-order valence-corrected chi connectivity index (χ4v) is 5.78. The Morgan fingerprint density at radius 1 is 1.24 bits per heavy atom. The molecule has 5 rings (SSSR count). The van der Waals surface area contributed by atoms with E-state index >= 15 is 0 Å². The maximum absolute atomic E-state index is 13.0. The molecule has 1 aromatic carbocycles. The van der Waals surface area contributed by atoms with Gasteiger partial charge in [0.15, 0.2) is 0 Å². The first-order chi connectivity index (χ1) is 15.7. The van der Waals surface area contributed by atoms with Gasteiger partial charge in [-0.2, -0.15) is 5.10 Å². The van der Waals surface area contributed by atoms with Gasteiger partial charge in [-0.25, -0.2) is 4.98 Å². The predicted molar refractivity (Wildman–Crippen MR) is 130 cm³/mol. The summed E-state index contributed by atoms with van der Waals surface area (Å²) >= 11 is 0. The van der Waals surface area contributed by atoms with Gasteiger partial charge in [0.2, 0.25) is 0 Å². The topological polar surface area (TPSA) is 80.0 Å². The van der Waals surface area contributed by atoms with Crippen molar-refractivity contribution >= 4 is 22.5 Å². The molecule has 2 heterocycles. The number of aliphatic hydroxyl groups is 1. The molecule has 0 aliphatic heterocycles. The van der Waals surface area contributed by atoms with Crippen LogP contribution in [-0.4, -0.2) is 25.8 Å². The number of rotatable bonds is 4. The van der Waals surface area contributed by atoms with Crippen molar-refractivity contribution in [3.63, 3.8) is 0 Å². The summed E-state index contributed by atoms with van der Waals surface area (Å²) in [4.78, 5) is 17.3. The van der Waals surface area contributed by atoms with Crippen LogP contribution >= 0.6 is 0 Å². The van der Waals surface area contributed by atoms with Gasteiger partial charge in [-0.3, -0.25) is 9.48 Å². The molecule has 6 nitrogen and oxygen atoms in total. The van der Waals surface area contributed by atoms with Gasteiger partial charge in [0.05, 0.1) is 17.2 Å². The lowest BCUT2D eigenvalue weighted by atomic mass is 9.80. The van der Waals surface area contributed by atoms with E-state index in [9.17, 15) is 9.90 Å². The number of hydrogen-bond donors (Lipinski definition) is 2. The Morgan fingerprint density at radius 3 is 2.70 bits per heavy atom. The van der Waals surface area contributed by atoms with Crippen molar-refractivity contribution in [2.45, 2.75) is 77.9 Å². The van der Waals surface area contributed by atoms with Crippen LogP contribution in [0.25, 0.3) is 10.9 Å². The summed E-state index contributed by atoms with van der Waals surface area (Å²) in [5, 5.41) is 20.2. The number of carbonyl (C=O) groups is 1. The SMILES string of the molecule is Cc1cccc(C(=O)Nc2cc3cn(C4CCC(C(C)C)CC4)nc3c3c2C(C)(O)CC3)n1. The van der Waals surface area contributed by atoms with Crippen molar-refractivity contribution in [1.82, 2.24) is 14.8 Å². The van der Waals surface area contributed by atoms with E-state index in [1.54, 1.807) is 6.07 Å². The lowest BCUT2D eigenvalue weighted by Crippen LogP contribution is -2.22. The number of aryl methyl sites for hydroxylation is 2. The van der Waals surface area contributed by atoms with Gasteiger partial charge in [-0.1, -0.05) is 19.9 Å². The monoisotopic (exact) mass is 446 g/mol. The zero-order chi connectivity index (χ0) is 23.3. The average molecular weight is 447 g/mol. The van der Waals surface area contributed by atoms with Crippen molar-refractivity contribution < 1.29 is 9.90 Å². The molecule has 2 aliphatic rings. The molecule has 0 spiro atoms. The lowest BCUT2D eigenvalue weighted by Gasteiger charge is -2.30. The average Bonchev–Trinajstić information content (AvgIpc) is 3.34. The Labute approximate surface area is 195 Å². The number of hydrogen-bond acceptors (Lipinski definition) is 4.